The molecule has 12 heteroatoms. The molecule has 9 nitrogen and oxygen atoms in total. The Morgan fingerprint density at radius 3 is 2.60 bits per heavy atom. The number of fused-ring (bicyclic) bond motifs is 1. The number of esters is 1. The summed E-state index contributed by atoms with van der Waals surface area (Å²) in [6, 6.07) is 17.0. The minimum atomic E-state index is -0.533. The molecule has 40 heavy (non-hydrogen) atoms. The molecule has 1 aliphatic carbocycles. The molecule has 1 heterocycles. The van der Waals surface area contributed by atoms with E-state index < -0.39 is 11.9 Å². The van der Waals surface area contributed by atoms with E-state index in [0.717, 1.165) is 11.1 Å². The summed E-state index contributed by atoms with van der Waals surface area (Å²) >= 11 is 11.1. The fourth-order valence-corrected chi connectivity index (χ4v) is 5.87. The summed E-state index contributed by atoms with van der Waals surface area (Å²) in [7, 11) is 0. The number of halogens is 2. The van der Waals surface area contributed by atoms with Crippen molar-refractivity contribution in [3.8, 4) is 5.69 Å². The molecule has 0 atom stereocenters. The predicted octanol–water partition coefficient (Wildman–Crippen LogP) is 5.74. The Morgan fingerprint density at radius 2 is 1.88 bits per heavy atom. The second kappa shape index (κ2) is 12.4. The molecule has 0 aliphatic heterocycles. The Bertz CT molecular complexity index is 1610. The Balaban J connectivity index is 1.26. The minimum Gasteiger partial charge on any atom is -0.465 e. The van der Waals surface area contributed by atoms with Gasteiger partial charge in [-0.3, -0.25) is 19.0 Å². The van der Waals surface area contributed by atoms with Crippen molar-refractivity contribution in [2.75, 3.05) is 24.2 Å². The smallest absolute Gasteiger partial charge is 0.325 e. The van der Waals surface area contributed by atoms with Crippen LogP contribution in [0.3, 0.4) is 0 Å². The van der Waals surface area contributed by atoms with Crippen molar-refractivity contribution < 1.29 is 19.1 Å². The van der Waals surface area contributed by atoms with E-state index in [-0.39, 0.29) is 35.4 Å². The number of carbonyl (C=O) groups excluding carboxylic acids is 3. The number of anilines is 1. The first-order valence-corrected chi connectivity index (χ1v) is 14.8. The molecule has 3 aromatic carbocycles. The van der Waals surface area contributed by atoms with E-state index in [1.54, 1.807) is 6.92 Å². The van der Waals surface area contributed by atoms with Crippen LogP contribution in [-0.4, -0.2) is 51.5 Å². The van der Waals surface area contributed by atoms with Gasteiger partial charge in [-0.1, -0.05) is 53.7 Å². The lowest BCUT2D eigenvalue weighted by molar-refractivity contribution is -0.141. The summed E-state index contributed by atoms with van der Waals surface area (Å²) in [6.07, 6.45) is 2.43. The van der Waals surface area contributed by atoms with Crippen LogP contribution in [0, 0.1) is 0 Å². The number of rotatable bonds is 10. The molecule has 1 saturated carbocycles. The summed E-state index contributed by atoms with van der Waals surface area (Å²) < 4.78 is 7.23. The topological polar surface area (TPSA) is 115 Å². The number of hydrogen-bond donors (Lipinski definition) is 2. The first-order chi connectivity index (χ1) is 19.4. The highest BCUT2D eigenvalue weighted by Gasteiger charge is 2.26. The Kier molecular flexibility index (Phi) is 8.72. The molecule has 1 aliphatic rings. The largest absolute Gasteiger partial charge is 0.465 e. The normalized spacial score (nSPS) is 12.8. The summed E-state index contributed by atoms with van der Waals surface area (Å²) in [5.41, 5.74) is 2.90. The highest BCUT2D eigenvalue weighted by molar-refractivity contribution is 9.10. The lowest BCUT2D eigenvalue weighted by Crippen LogP contribution is -2.30. The standard InChI is InChI=1S/C28H25BrClN5O4S/c1-2-39-25(37)14-31-26(38)17-9-11-22(21(30)13-17)32-24(36)15-40-28-34-33-27(29)35(28)23-12-10-18(16-7-8-16)19-5-3-4-6-20(19)23/h3-6,9-13,16H,2,7-8,14-15H2,1H3,(H,31,38)(H,32,36). The Hall–Kier alpha value is -3.41. The average molecular weight is 643 g/mol. The first kappa shape index (κ1) is 28.1. The van der Waals surface area contributed by atoms with Crippen molar-refractivity contribution >= 4 is 73.5 Å². The van der Waals surface area contributed by atoms with Gasteiger partial charge >= 0.3 is 5.97 Å². The maximum absolute atomic E-state index is 12.8. The molecular formula is C28H25BrClN5O4S. The third-order valence-corrected chi connectivity index (χ3v) is 8.08. The van der Waals surface area contributed by atoms with Crippen LogP contribution < -0.4 is 10.6 Å². The summed E-state index contributed by atoms with van der Waals surface area (Å²) in [5, 5.41) is 16.8. The zero-order valence-electron chi connectivity index (χ0n) is 21.4. The zero-order valence-corrected chi connectivity index (χ0v) is 24.6. The number of nitrogens with one attached hydrogen (secondary N) is 2. The van der Waals surface area contributed by atoms with E-state index in [2.05, 4.69) is 61.0 Å². The molecule has 2 N–H and O–H groups in total. The van der Waals surface area contributed by atoms with E-state index in [1.807, 2.05) is 16.7 Å². The molecule has 2 amide bonds. The fraction of sp³-hybridized carbons (Fsp3) is 0.250. The van der Waals surface area contributed by atoms with E-state index >= 15 is 0 Å². The molecule has 1 aromatic heterocycles. The van der Waals surface area contributed by atoms with Gasteiger partial charge in [0.05, 0.1) is 28.8 Å². The SMILES string of the molecule is CCOC(=O)CNC(=O)c1ccc(NC(=O)CSc2nnc(Br)n2-c2ccc(C3CC3)c3ccccc23)c(Cl)c1. The molecule has 0 spiro atoms. The fourth-order valence-electron chi connectivity index (χ4n) is 4.34. The molecule has 5 rings (SSSR count). The van der Waals surface area contributed by atoms with Crippen molar-refractivity contribution in [1.29, 1.82) is 0 Å². The Morgan fingerprint density at radius 1 is 1.10 bits per heavy atom. The second-order valence-corrected chi connectivity index (χ2v) is 11.2. The third kappa shape index (κ3) is 6.32. The number of carbonyl (C=O) groups is 3. The Labute approximate surface area is 248 Å². The third-order valence-electron chi connectivity index (χ3n) is 6.32. The van der Waals surface area contributed by atoms with Crippen molar-refractivity contribution in [2.24, 2.45) is 0 Å². The van der Waals surface area contributed by atoms with Gasteiger partial charge < -0.3 is 15.4 Å². The van der Waals surface area contributed by atoms with Gasteiger partial charge in [0.2, 0.25) is 10.6 Å². The molecule has 0 unspecified atom stereocenters. The first-order valence-electron chi connectivity index (χ1n) is 12.6. The molecule has 0 radical (unpaired) electrons. The van der Waals surface area contributed by atoms with Crippen LogP contribution in [0.2, 0.25) is 5.02 Å². The van der Waals surface area contributed by atoms with Gasteiger partial charge in [-0.25, -0.2) is 0 Å². The van der Waals surface area contributed by atoms with Crippen molar-refractivity contribution in [2.45, 2.75) is 30.8 Å². The van der Waals surface area contributed by atoms with Crippen LogP contribution in [-0.2, 0) is 14.3 Å². The summed E-state index contributed by atoms with van der Waals surface area (Å²) in [6.45, 7) is 1.67. The van der Waals surface area contributed by atoms with E-state index in [0.29, 0.717) is 21.5 Å². The molecule has 0 saturated heterocycles. The quantitative estimate of drug-likeness (QED) is 0.168. The maximum atomic E-state index is 12.8. The van der Waals surface area contributed by atoms with Crippen LogP contribution in [0.15, 0.2) is 64.5 Å². The lowest BCUT2D eigenvalue weighted by Gasteiger charge is -2.14. The van der Waals surface area contributed by atoms with Gasteiger partial charge in [0.1, 0.15) is 6.54 Å². The molecule has 206 valence electrons. The van der Waals surface area contributed by atoms with Gasteiger partial charge in [-0.2, -0.15) is 0 Å². The van der Waals surface area contributed by atoms with Gasteiger partial charge in [-0.15, -0.1) is 10.2 Å². The summed E-state index contributed by atoms with van der Waals surface area (Å²) in [4.78, 5) is 36.6. The predicted molar refractivity (Wildman–Crippen MR) is 158 cm³/mol. The van der Waals surface area contributed by atoms with Crippen LogP contribution >= 0.6 is 39.3 Å². The van der Waals surface area contributed by atoms with Crippen LogP contribution in [0.25, 0.3) is 16.5 Å². The number of aromatic nitrogens is 3. The molecular weight excluding hydrogens is 618 g/mol. The van der Waals surface area contributed by atoms with Gasteiger partial charge in [0.15, 0.2) is 5.16 Å². The molecule has 1 fully saturated rings. The van der Waals surface area contributed by atoms with E-state index in [9.17, 15) is 14.4 Å². The maximum Gasteiger partial charge on any atom is 0.325 e. The van der Waals surface area contributed by atoms with Gasteiger partial charge in [0.25, 0.3) is 5.91 Å². The number of benzene rings is 3. The number of amides is 2. The van der Waals surface area contributed by atoms with Gasteiger partial charge in [0, 0.05) is 10.9 Å². The monoisotopic (exact) mass is 641 g/mol. The number of thioether (sulfide) groups is 1. The van der Waals surface area contributed by atoms with Crippen LogP contribution in [0.5, 0.6) is 0 Å². The lowest BCUT2D eigenvalue weighted by atomic mass is 9.99. The van der Waals surface area contributed by atoms with Crippen molar-refractivity contribution in [1.82, 2.24) is 20.1 Å². The molecule has 0 bridgehead atoms. The average Bonchev–Trinajstić information content (AvgIpc) is 3.73. The minimum absolute atomic E-state index is 0.0569. The highest BCUT2D eigenvalue weighted by Crippen LogP contribution is 2.44. The number of nitrogens with zero attached hydrogens (tertiary/aromatic N) is 3. The highest BCUT2D eigenvalue weighted by atomic mass is 79.9. The van der Waals surface area contributed by atoms with Crippen LogP contribution in [0.1, 0.15) is 41.6 Å². The number of ether oxygens (including phenoxy) is 1. The van der Waals surface area contributed by atoms with Crippen LogP contribution in [0.4, 0.5) is 5.69 Å². The van der Waals surface area contributed by atoms with Crippen molar-refractivity contribution in [3.63, 3.8) is 0 Å². The van der Waals surface area contributed by atoms with E-state index in [4.69, 9.17) is 16.3 Å². The molecule has 4 aromatic rings. The zero-order chi connectivity index (χ0) is 28.2. The van der Waals surface area contributed by atoms with Crippen molar-refractivity contribution in [3.05, 3.63) is 75.5 Å². The van der Waals surface area contributed by atoms with E-state index in [1.165, 1.54) is 53.8 Å². The number of hydrogen-bond acceptors (Lipinski definition) is 7. The second-order valence-electron chi connectivity index (χ2n) is 9.10. The van der Waals surface area contributed by atoms with Gasteiger partial charge in [-0.05, 0) is 76.8 Å². The summed E-state index contributed by atoms with van der Waals surface area (Å²) in [5.74, 6) is -0.645.